The summed E-state index contributed by atoms with van der Waals surface area (Å²) >= 11 is 0. The van der Waals surface area contributed by atoms with E-state index in [1.54, 1.807) is 0 Å². The lowest BCUT2D eigenvalue weighted by Gasteiger charge is -2.29. The van der Waals surface area contributed by atoms with Gasteiger partial charge in [-0.3, -0.25) is 9.59 Å². The van der Waals surface area contributed by atoms with Crippen LogP contribution in [0.4, 0.5) is 0 Å². The Hall–Kier alpha value is -1.06. The molecule has 0 heterocycles. The molecule has 0 saturated carbocycles. The summed E-state index contributed by atoms with van der Waals surface area (Å²) in [4.78, 5) is 23.5. The first kappa shape index (κ1) is 15.9. The Labute approximate surface area is 104 Å². The van der Waals surface area contributed by atoms with Crippen molar-refractivity contribution < 1.29 is 14.3 Å². The van der Waals surface area contributed by atoms with Crippen molar-refractivity contribution in [1.82, 2.24) is 5.32 Å². The fourth-order valence-corrected chi connectivity index (χ4v) is 1.54. The van der Waals surface area contributed by atoms with Crippen LogP contribution in [0.5, 0.6) is 0 Å². The number of carbonyl (C=O) groups excluding carboxylic acids is 2. The molecule has 0 fully saturated rings. The smallest absolute Gasteiger partial charge is 0.309 e. The Balaban J connectivity index is 4.67. The first-order valence-corrected chi connectivity index (χ1v) is 5.86. The van der Waals surface area contributed by atoms with Crippen molar-refractivity contribution in [2.75, 3.05) is 7.11 Å². The second-order valence-electron chi connectivity index (χ2n) is 6.44. The third-order valence-electron chi connectivity index (χ3n) is 2.44. The van der Waals surface area contributed by atoms with Gasteiger partial charge in [0.05, 0.1) is 13.0 Å². The van der Waals surface area contributed by atoms with Crippen molar-refractivity contribution in [3.8, 4) is 0 Å². The zero-order valence-corrected chi connectivity index (χ0v) is 12.0. The van der Waals surface area contributed by atoms with Crippen molar-refractivity contribution in [2.24, 2.45) is 11.3 Å². The summed E-state index contributed by atoms with van der Waals surface area (Å²) in [6.45, 7) is 11.5. The van der Waals surface area contributed by atoms with Gasteiger partial charge in [-0.25, -0.2) is 0 Å². The maximum Gasteiger partial charge on any atom is 0.309 e. The number of carbonyl (C=O) groups is 2. The van der Waals surface area contributed by atoms with E-state index in [0.717, 1.165) is 0 Å². The van der Waals surface area contributed by atoms with E-state index in [1.165, 1.54) is 7.11 Å². The van der Waals surface area contributed by atoms with Crippen LogP contribution in [0.2, 0.25) is 0 Å². The maximum absolute atomic E-state index is 11.8. The molecule has 0 aromatic heterocycles. The molecule has 4 heteroatoms. The monoisotopic (exact) mass is 243 g/mol. The van der Waals surface area contributed by atoms with Crippen LogP contribution in [0.25, 0.3) is 0 Å². The van der Waals surface area contributed by atoms with E-state index in [1.807, 2.05) is 41.5 Å². The van der Waals surface area contributed by atoms with Crippen LogP contribution in [-0.4, -0.2) is 24.5 Å². The minimum absolute atomic E-state index is 0.122. The molecule has 0 spiro atoms. The van der Waals surface area contributed by atoms with Crippen LogP contribution < -0.4 is 5.32 Å². The third kappa shape index (κ3) is 6.29. The van der Waals surface area contributed by atoms with Crippen LogP contribution in [-0.2, 0) is 14.3 Å². The summed E-state index contributed by atoms with van der Waals surface area (Å²) in [6, 6.07) is 0. The summed E-state index contributed by atoms with van der Waals surface area (Å²) < 4.78 is 4.75. The number of hydrogen-bond donors (Lipinski definition) is 1. The standard InChI is InChI=1S/C13H25NO3/c1-12(2,3)9(11(16)17-7)8-10(15)14-13(4,5)6/h9H,8H2,1-7H3,(H,14,15). The number of rotatable bonds is 3. The van der Waals surface area contributed by atoms with Crippen LogP contribution in [0.1, 0.15) is 48.0 Å². The quantitative estimate of drug-likeness (QED) is 0.772. The van der Waals surface area contributed by atoms with Crippen molar-refractivity contribution >= 4 is 11.9 Å². The van der Waals surface area contributed by atoms with Gasteiger partial charge in [-0.05, 0) is 26.2 Å². The molecule has 0 saturated heterocycles. The lowest BCUT2D eigenvalue weighted by Crippen LogP contribution is -2.43. The van der Waals surface area contributed by atoms with Crippen molar-refractivity contribution in [3.05, 3.63) is 0 Å². The van der Waals surface area contributed by atoms with E-state index in [0.29, 0.717) is 0 Å². The first-order valence-electron chi connectivity index (χ1n) is 5.86. The van der Waals surface area contributed by atoms with E-state index < -0.39 is 5.92 Å². The van der Waals surface area contributed by atoms with Crippen LogP contribution in [0.15, 0.2) is 0 Å². The highest BCUT2D eigenvalue weighted by Gasteiger charge is 2.34. The summed E-state index contributed by atoms with van der Waals surface area (Å²) in [6.07, 6.45) is 0.160. The van der Waals surface area contributed by atoms with Gasteiger partial charge in [-0.1, -0.05) is 20.8 Å². The number of amides is 1. The van der Waals surface area contributed by atoms with E-state index in [9.17, 15) is 9.59 Å². The zero-order valence-electron chi connectivity index (χ0n) is 12.0. The largest absolute Gasteiger partial charge is 0.469 e. The maximum atomic E-state index is 11.8. The highest BCUT2D eigenvalue weighted by Crippen LogP contribution is 2.29. The number of ether oxygens (including phenoxy) is 1. The molecule has 1 N–H and O–H groups in total. The molecule has 0 radical (unpaired) electrons. The lowest BCUT2D eigenvalue weighted by atomic mass is 9.78. The second kappa shape index (κ2) is 5.52. The van der Waals surface area contributed by atoms with Gasteiger partial charge in [0.15, 0.2) is 0 Å². The molecule has 0 aliphatic rings. The van der Waals surface area contributed by atoms with Crippen molar-refractivity contribution in [1.29, 1.82) is 0 Å². The van der Waals surface area contributed by atoms with Gasteiger partial charge in [0.25, 0.3) is 0 Å². The molecule has 100 valence electrons. The molecule has 1 unspecified atom stereocenters. The molecule has 0 aromatic carbocycles. The number of hydrogen-bond acceptors (Lipinski definition) is 3. The van der Waals surface area contributed by atoms with Gasteiger partial charge in [0.2, 0.25) is 5.91 Å². The highest BCUT2D eigenvalue weighted by atomic mass is 16.5. The van der Waals surface area contributed by atoms with E-state index in [4.69, 9.17) is 4.74 Å². The topological polar surface area (TPSA) is 55.4 Å². The highest BCUT2D eigenvalue weighted by molar-refractivity contribution is 5.83. The van der Waals surface area contributed by atoms with Crippen LogP contribution >= 0.6 is 0 Å². The molecule has 17 heavy (non-hydrogen) atoms. The van der Waals surface area contributed by atoms with Gasteiger partial charge < -0.3 is 10.1 Å². The minimum atomic E-state index is -0.421. The Morgan fingerprint density at radius 3 is 1.88 bits per heavy atom. The lowest BCUT2D eigenvalue weighted by molar-refractivity contribution is -0.151. The van der Waals surface area contributed by atoms with Gasteiger partial charge in [0.1, 0.15) is 0 Å². The Morgan fingerprint density at radius 1 is 1.12 bits per heavy atom. The van der Waals surface area contributed by atoms with E-state index in [2.05, 4.69) is 5.32 Å². The van der Waals surface area contributed by atoms with E-state index >= 15 is 0 Å². The van der Waals surface area contributed by atoms with E-state index in [-0.39, 0.29) is 29.3 Å². The number of methoxy groups -OCH3 is 1. The molecular formula is C13H25NO3. The Bertz CT molecular complexity index is 284. The molecular weight excluding hydrogens is 218 g/mol. The average Bonchev–Trinajstić information content (AvgIpc) is 2.08. The second-order valence-corrected chi connectivity index (χ2v) is 6.44. The first-order chi connectivity index (χ1) is 7.47. The molecule has 0 aliphatic carbocycles. The normalized spacial score (nSPS) is 14.1. The van der Waals surface area contributed by atoms with Gasteiger partial charge in [-0.2, -0.15) is 0 Å². The number of nitrogens with one attached hydrogen (secondary N) is 1. The van der Waals surface area contributed by atoms with Gasteiger partial charge in [-0.15, -0.1) is 0 Å². The van der Waals surface area contributed by atoms with Gasteiger partial charge >= 0.3 is 5.97 Å². The zero-order chi connectivity index (χ0) is 13.9. The average molecular weight is 243 g/mol. The fourth-order valence-electron chi connectivity index (χ4n) is 1.54. The molecule has 0 aromatic rings. The van der Waals surface area contributed by atoms with Crippen LogP contribution in [0.3, 0.4) is 0 Å². The molecule has 0 bridgehead atoms. The number of esters is 1. The minimum Gasteiger partial charge on any atom is -0.469 e. The Kier molecular flexibility index (Phi) is 5.17. The van der Waals surface area contributed by atoms with Gasteiger partial charge in [0, 0.05) is 12.0 Å². The SMILES string of the molecule is COC(=O)C(CC(=O)NC(C)(C)C)C(C)(C)C. The van der Waals surface area contributed by atoms with Crippen molar-refractivity contribution in [2.45, 2.75) is 53.5 Å². The van der Waals surface area contributed by atoms with Crippen LogP contribution in [0, 0.1) is 11.3 Å². The predicted octanol–water partition coefficient (Wildman–Crippen LogP) is 2.13. The fraction of sp³-hybridized carbons (Fsp3) is 0.846. The third-order valence-corrected chi connectivity index (χ3v) is 2.44. The molecule has 1 atom stereocenters. The molecule has 1 amide bonds. The summed E-state index contributed by atoms with van der Waals surface area (Å²) in [5, 5.41) is 2.85. The summed E-state index contributed by atoms with van der Waals surface area (Å²) in [5.41, 5.74) is -0.571. The molecule has 0 aliphatic heterocycles. The molecule has 0 rings (SSSR count). The summed E-state index contributed by atoms with van der Waals surface area (Å²) in [7, 11) is 1.35. The molecule has 4 nitrogen and oxygen atoms in total. The Morgan fingerprint density at radius 2 is 1.59 bits per heavy atom. The van der Waals surface area contributed by atoms with Crippen molar-refractivity contribution in [3.63, 3.8) is 0 Å². The predicted molar refractivity (Wildman–Crippen MR) is 67.5 cm³/mol. The summed E-state index contributed by atoms with van der Waals surface area (Å²) in [5.74, 6) is -0.876.